The summed E-state index contributed by atoms with van der Waals surface area (Å²) in [7, 11) is 0. The van der Waals surface area contributed by atoms with Crippen LogP contribution in [-0.4, -0.2) is 36.7 Å². The third kappa shape index (κ3) is 3.82. The largest absolute Gasteiger partial charge is 0.396 e. The second-order valence-electron chi connectivity index (χ2n) is 4.61. The summed E-state index contributed by atoms with van der Waals surface area (Å²) in [5.74, 6) is 0.621. The molecule has 0 aliphatic carbocycles. The van der Waals surface area contributed by atoms with Crippen molar-refractivity contribution in [1.82, 2.24) is 10.3 Å². The van der Waals surface area contributed by atoms with Gasteiger partial charge in [0.15, 0.2) is 0 Å². The summed E-state index contributed by atoms with van der Waals surface area (Å²) in [5.41, 5.74) is 7.31. The molecule has 1 unspecified atom stereocenters. The van der Waals surface area contributed by atoms with Gasteiger partial charge in [-0.3, -0.25) is 4.79 Å². The van der Waals surface area contributed by atoms with Gasteiger partial charge < -0.3 is 21.1 Å². The van der Waals surface area contributed by atoms with Crippen LogP contribution in [0.25, 0.3) is 0 Å². The summed E-state index contributed by atoms with van der Waals surface area (Å²) in [6.07, 6.45) is 1.49. The summed E-state index contributed by atoms with van der Waals surface area (Å²) in [6, 6.07) is 3.68. The van der Waals surface area contributed by atoms with Crippen molar-refractivity contribution in [2.75, 3.05) is 30.7 Å². The van der Waals surface area contributed by atoms with E-state index in [9.17, 15) is 4.79 Å². The minimum atomic E-state index is -0.276. The first-order valence-corrected chi connectivity index (χ1v) is 6.53. The van der Waals surface area contributed by atoms with Gasteiger partial charge in [0.2, 0.25) is 5.91 Å². The van der Waals surface area contributed by atoms with E-state index in [1.807, 2.05) is 19.1 Å². The number of aromatic nitrogens is 1. The van der Waals surface area contributed by atoms with Crippen LogP contribution in [0.1, 0.15) is 18.5 Å². The quantitative estimate of drug-likeness (QED) is 0.680. The first-order chi connectivity index (χ1) is 9.16. The zero-order chi connectivity index (χ0) is 13.7. The van der Waals surface area contributed by atoms with E-state index in [4.69, 9.17) is 10.5 Å². The number of nitrogens with zero attached hydrogens (tertiary/aromatic N) is 1. The maximum absolute atomic E-state index is 11.7. The Kier molecular flexibility index (Phi) is 4.57. The number of nitrogens with two attached hydrogens (primary N) is 1. The van der Waals surface area contributed by atoms with E-state index in [1.165, 1.54) is 0 Å². The lowest BCUT2D eigenvalue weighted by atomic mass is 10.2. The molecule has 0 bridgehead atoms. The normalized spacial score (nSPS) is 18.3. The fourth-order valence-corrected chi connectivity index (χ4v) is 1.97. The average molecular weight is 264 g/mol. The first kappa shape index (κ1) is 13.6. The number of hydrogen-bond acceptors (Lipinski definition) is 5. The average Bonchev–Trinajstić information content (AvgIpc) is 2.92. The first-order valence-electron chi connectivity index (χ1n) is 6.53. The molecule has 0 saturated carbocycles. The molecule has 0 spiro atoms. The van der Waals surface area contributed by atoms with Crippen molar-refractivity contribution in [2.45, 2.75) is 25.9 Å². The van der Waals surface area contributed by atoms with Crippen molar-refractivity contribution in [1.29, 1.82) is 0 Å². The Bertz CT molecular complexity index is 444. The molecule has 4 N–H and O–H groups in total. The molecule has 1 amide bonds. The van der Waals surface area contributed by atoms with Gasteiger partial charge >= 0.3 is 0 Å². The zero-order valence-corrected chi connectivity index (χ0v) is 11.1. The highest BCUT2D eigenvalue weighted by Crippen LogP contribution is 2.14. The van der Waals surface area contributed by atoms with E-state index in [2.05, 4.69) is 15.6 Å². The molecule has 2 rings (SSSR count). The molecular formula is C13H20N4O2. The molecule has 1 fully saturated rings. The predicted octanol–water partition coefficient (Wildman–Crippen LogP) is 0.679. The Labute approximate surface area is 112 Å². The van der Waals surface area contributed by atoms with Gasteiger partial charge in [-0.1, -0.05) is 0 Å². The highest BCUT2D eigenvalue weighted by atomic mass is 16.5. The number of pyridine rings is 1. The number of amides is 1. The molecule has 1 aliphatic heterocycles. The van der Waals surface area contributed by atoms with Crippen LogP contribution in [-0.2, 0) is 9.53 Å². The van der Waals surface area contributed by atoms with Crippen LogP contribution in [0.3, 0.4) is 0 Å². The van der Waals surface area contributed by atoms with Crippen LogP contribution in [0.2, 0.25) is 0 Å². The lowest BCUT2D eigenvalue weighted by Gasteiger charge is -2.12. The molecule has 1 aromatic rings. The Morgan fingerprint density at radius 2 is 2.37 bits per heavy atom. The van der Waals surface area contributed by atoms with E-state index in [-0.39, 0.29) is 12.0 Å². The van der Waals surface area contributed by atoms with Crippen molar-refractivity contribution in [3.63, 3.8) is 0 Å². The minimum Gasteiger partial charge on any atom is -0.396 e. The SMILES string of the molecule is Cc1ccc(N)c(NCCNC(=O)C2CCCO2)n1. The predicted molar refractivity (Wildman–Crippen MR) is 73.9 cm³/mol. The Balaban J connectivity index is 1.71. The van der Waals surface area contributed by atoms with Crippen molar-refractivity contribution >= 4 is 17.4 Å². The summed E-state index contributed by atoms with van der Waals surface area (Å²) >= 11 is 0. The lowest BCUT2D eigenvalue weighted by molar-refractivity contribution is -0.129. The number of carbonyl (C=O) groups excluding carboxylic acids is 1. The fourth-order valence-electron chi connectivity index (χ4n) is 1.97. The van der Waals surface area contributed by atoms with Crippen LogP contribution in [0.5, 0.6) is 0 Å². The third-order valence-corrected chi connectivity index (χ3v) is 3.00. The Morgan fingerprint density at radius 3 is 3.11 bits per heavy atom. The summed E-state index contributed by atoms with van der Waals surface area (Å²) in [5, 5.41) is 5.94. The molecule has 19 heavy (non-hydrogen) atoms. The number of aryl methyl sites for hydroxylation is 1. The number of rotatable bonds is 5. The van der Waals surface area contributed by atoms with Crippen LogP contribution >= 0.6 is 0 Å². The highest BCUT2D eigenvalue weighted by Gasteiger charge is 2.22. The molecule has 1 aromatic heterocycles. The van der Waals surface area contributed by atoms with Crippen LogP contribution < -0.4 is 16.4 Å². The van der Waals surface area contributed by atoms with Gasteiger partial charge in [-0.2, -0.15) is 0 Å². The second kappa shape index (κ2) is 6.38. The molecule has 2 heterocycles. The lowest BCUT2D eigenvalue weighted by Crippen LogP contribution is -2.36. The molecule has 0 aromatic carbocycles. The van der Waals surface area contributed by atoms with Crippen LogP contribution in [0, 0.1) is 6.92 Å². The van der Waals surface area contributed by atoms with Gasteiger partial charge in [0.1, 0.15) is 11.9 Å². The second-order valence-corrected chi connectivity index (χ2v) is 4.61. The topological polar surface area (TPSA) is 89.3 Å². The van der Waals surface area contributed by atoms with Crippen LogP contribution in [0.4, 0.5) is 11.5 Å². The van der Waals surface area contributed by atoms with Crippen molar-refractivity contribution in [3.8, 4) is 0 Å². The van der Waals surface area contributed by atoms with E-state index < -0.39 is 0 Å². The molecule has 1 aliphatic rings. The number of anilines is 2. The highest BCUT2D eigenvalue weighted by molar-refractivity contribution is 5.81. The number of nitrogens with one attached hydrogen (secondary N) is 2. The molecule has 6 nitrogen and oxygen atoms in total. The standard InChI is InChI=1S/C13H20N4O2/c1-9-4-5-10(14)12(17-9)15-6-7-16-13(18)11-3-2-8-19-11/h4-5,11H,2-3,6-8,14H2,1H3,(H,15,17)(H,16,18). The van der Waals surface area contributed by atoms with Gasteiger partial charge in [0, 0.05) is 25.4 Å². The van der Waals surface area contributed by atoms with Gasteiger partial charge in [0.05, 0.1) is 5.69 Å². The molecule has 1 atom stereocenters. The number of nitrogen functional groups attached to an aromatic ring is 1. The smallest absolute Gasteiger partial charge is 0.249 e. The maximum Gasteiger partial charge on any atom is 0.249 e. The Hall–Kier alpha value is -1.82. The fraction of sp³-hybridized carbons (Fsp3) is 0.538. The molecule has 6 heteroatoms. The van der Waals surface area contributed by atoms with Crippen molar-refractivity contribution < 1.29 is 9.53 Å². The Morgan fingerprint density at radius 1 is 1.53 bits per heavy atom. The summed E-state index contributed by atoms with van der Waals surface area (Å²) < 4.78 is 5.30. The van der Waals surface area contributed by atoms with Gasteiger partial charge in [-0.05, 0) is 31.9 Å². The molecule has 104 valence electrons. The van der Waals surface area contributed by atoms with E-state index in [0.29, 0.717) is 31.2 Å². The monoisotopic (exact) mass is 264 g/mol. The number of ether oxygens (including phenoxy) is 1. The van der Waals surface area contributed by atoms with Crippen molar-refractivity contribution in [2.24, 2.45) is 0 Å². The summed E-state index contributed by atoms with van der Waals surface area (Å²) in [6.45, 7) is 3.69. The molecular weight excluding hydrogens is 244 g/mol. The minimum absolute atomic E-state index is 0.0375. The molecule has 0 radical (unpaired) electrons. The van der Waals surface area contributed by atoms with Crippen molar-refractivity contribution in [3.05, 3.63) is 17.8 Å². The van der Waals surface area contributed by atoms with Gasteiger partial charge in [0.25, 0.3) is 0 Å². The maximum atomic E-state index is 11.7. The van der Waals surface area contributed by atoms with Gasteiger partial charge in [-0.15, -0.1) is 0 Å². The van der Waals surface area contributed by atoms with E-state index >= 15 is 0 Å². The van der Waals surface area contributed by atoms with E-state index in [1.54, 1.807) is 0 Å². The third-order valence-electron chi connectivity index (χ3n) is 3.00. The number of carbonyl (C=O) groups is 1. The van der Waals surface area contributed by atoms with Crippen LogP contribution in [0.15, 0.2) is 12.1 Å². The molecule has 1 saturated heterocycles. The zero-order valence-electron chi connectivity index (χ0n) is 11.1. The summed E-state index contributed by atoms with van der Waals surface area (Å²) in [4.78, 5) is 16.0. The van der Waals surface area contributed by atoms with Gasteiger partial charge in [-0.25, -0.2) is 4.98 Å². The van der Waals surface area contributed by atoms with E-state index in [0.717, 1.165) is 18.5 Å². The number of hydrogen-bond donors (Lipinski definition) is 3.